The molecule has 0 unspecified atom stereocenters. The number of hydrogen-bond acceptors (Lipinski definition) is 4. The van der Waals surface area contributed by atoms with Crippen molar-refractivity contribution in [3.05, 3.63) is 28.2 Å². The molecule has 0 radical (unpaired) electrons. The molecule has 17 heavy (non-hydrogen) atoms. The Hall–Kier alpha value is -1.71. The molecule has 2 rings (SSSR count). The summed E-state index contributed by atoms with van der Waals surface area (Å²) in [6.45, 7) is 3.67. The van der Waals surface area contributed by atoms with Crippen LogP contribution in [0.3, 0.4) is 0 Å². The van der Waals surface area contributed by atoms with Crippen molar-refractivity contribution in [2.75, 3.05) is 7.11 Å². The van der Waals surface area contributed by atoms with Crippen molar-refractivity contribution in [2.45, 2.75) is 32.1 Å². The summed E-state index contributed by atoms with van der Waals surface area (Å²) in [6.07, 6.45) is 1.19. The normalized spacial score (nSPS) is 17.5. The zero-order chi connectivity index (χ0) is 12.6. The summed E-state index contributed by atoms with van der Waals surface area (Å²) in [5, 5.41) is 3.06. The van der Waals surface area contributed by atoms with Gasteiger partial charge in [-0.25, -0.2) is 0 Å². The minimum Gasteiger partial charge on any atom is -0.494 e. The largest absolute Gasteiger partial charge is 0.494 e. The predicted octanol–water partition coefficient (Wildman–Crippen LogP) is 2.89. The Morgan fingerprint density at radius 1 is 1.29 bits per heavy atom. The van der Waals surface area contributed by atoms with E-state index in [0.717, 1.165) is 11.1 Å². The molecule has 1 aromatic carbocycles. The average Bonchev–Trinajstić information content (AvgIpc) is 2.32. The number of Topliss-reactive ketones (excluding diaryl/α,β-unsaturated/α-hetero) is 1. The van der Waals surface area contributed by atoms with Crippen LogP contribution in [-0.4, -0.2) is 12.9 Å². The third-order valence-corrected chi connectivity index (χ3v) is 3.48. The number of carbonyl (C=O) groups is 1. The van der Waals surface area contributed by atoms with Gasteiger partial charge in [-0.3, -0.25) is 4.79 Å². The van der Waals surface area contributed by atoms with Gasteiger partial charge in [0.1, 0.15) is 11.5 Å². The molecule has 0 saturated heterocycles. The highest BCUT2D eigenvalue weighted by molar-refractivity contribution is 5.93. The summed E-state index contributed by atoms with van der Waals surface area (Å²) >= 11 is 0. The smallest absolute Gasteiger partial charge is 0.154 e. The van der Waals surface area contributed by atoms with E-state index in [2.05, 4.69) is 5.18 Å². The zero-order valence-corrected chi connectivity index (χ0v) is 10.2. The van der Waals surface area contributed by atoms with E-state index in [-0.39, 0.29) is 11.5 Å². The second-order valence-corrected chi connectivity index (χ2v) is 4.79. The first-order chi connectivity index (χ1) is 8.02. The van der Waals surface area contributed by atoms with Crippen LogP contribution in [0.2, 0.25) is 0 Å². The van der Waals surface area contributed by atoms with Crippen molar-refractivity contribution in [3.63, 3.8) is 0 Å². The van der Waals surface area contributed by atoms with Crippen molar-refractivity contribution >= 4 is 11.5 Å². The van der Waals surface area contributed by atoms with E-state index in [1.54, 1.807) is 6.07 Å². The fourth-order valence-corrected chi connectivity index (χ4v) is 2.48. The quantitative estimate of drug-likeness (QED) is 0.738. The van der Waals surface area contributed by atoms with Crippen LogP contribution in [0.4, 0.5) is 5.69 Å². The summed E-state index contributed by atoms with van der Waals surface area (Å²) < 4.78 is 5.13. The molecule has 4 nitrogen and oxygen atoms in total. The number of nitrogens with zero attached hydrogens (tertiary/aromatic N) is 1. The number of benzene rings is 1. The van der Waals surface area contributed by atoms with E-state index < -0.39 is 5.41 Å². The molecule has 0 saturated carbocycles. The van der Waals surface area contributed by atoms with E-state index in [0.29, 0.717) is 18.6 Å². The average molecular weight is 233 g/mol. The summed E-state index contributed by atoms with van der Waals surface area (Å²) in [4.78, 5) is 23.0. The van der Waals surface area contributed by atoms with Gasteiger partial charge < -0.3 is 4.74 Å². The summed E-state index contributed by atoms with van der Waals surface area (Å²) in [5.74, 6) is 0.574. The second-order valence-electron chi connectivity index (χ2n) is 4.79. The first-order valence-electron chi connectivity index (χ1n) is 5.59. The van der Waals surface area contributed by atoms with Gasteiger partial charge in [0.05, 0.1) is 12.5 Å². The van der Waals surface area contributed by atoms with E-state index >= 15 is 0 Å². The minimum atomic E-state index is -0.661. The van der Waals surface area contributed by atoms with Gasteiger partial charge in [0, 0.05) is 12.0 Å². The van der Waals surface area contributed by atoms with Gasteiger partial charge in [-0.15, -0.1) is 4.91 Å². The lowest BCUT2D eigenvalue weighted by atomic mass is 9.71. The number of rotatable bonds is 2. The maximum atomic E-state index is 12.0. The molecule has 1 aromatic rings. The molecule has 1 aliphatic rings. The van der Waals surface area contributed by atoms with Crippen LogP contribution in [0.25, 0.3) is 0 Å². The van der Waals surface area contributed by atoms with Crippen LogP contribution in [-0.2, 0) is 16.6 Å². The maximum Gasteiger partial charge on any atom is 0.154 e. The fraction of sp³-hybridized carbons (Fsp3) is 0.462. The number of carbonyl (C=O) groups excluding carboxylic acids is 1. The molecule has 0 atom stereocenters. The van der Waals surface area contributed by atoms with Crippen molar-refractivity contribution in [1.29, 1.82) is 0 Å². The molecule has 0 heterocycles. The Kier molecular flexibility index (Phi) is 2.73. The van der Waals surface area contributed by atoms with Gasteiger partial charge in [0.25, 0.3) is 0 Å². The highest BCUT2D eigenvalue weighted by Gasteiger charge is 2.38. The Morgan fingerprint density at radius 2 is 2.00 bits per heavy atom. The molecular weight excluding hydrogens is 218 g/mol. The molecule has 0 spiro atoms. The van der Waals surface area contributed by atoms with Crippen molar-refractivity contribution < 1.29 is 9.53 Å². The topological polar surface area (TPSA) is 55.7 Å². The third kappa shape index (κ3) is 1.64. The lowest BCUT2D eigenvalue weighted by molar-refractivity contribution is -0.124. The van der Waals surface area contributed by atoms with Crippen LogP contribution in [0.5, 0.6) is 5.75 Å². The number of methoxy groups -OCH3 is 1. The van der Waals surface area contributed by atoms with E-state index in [1.807, 2.05) is 19.9 Å². The molecule has 0 bridgehead atoms. The number of nitroso groups, excluding NO2 is 1. The fourth-order valence-electron chi connectivity index (χ4n) is 2.48. The Morgan fingerprint density at radius 3 is 2.59 bits per heavy atom. The number of aryl methyl sites for hydroxylation is 1. The Bertz CT molecular complexity index is 492. The number of hydrogen-bond donors (Lipinski definition) is 0. The summed E-state index contributed by atoms with van der Waals surface area (Å²) in [7, 11) is 1.49. The molecule has 0 aromatic heterocycles. The van der Waals surface area contributed by atoms with Crippen LogP contribution >= 0.6 is 0 Å². The lowest BCUT2D eigenvalue weighted by Crippen LogP contribution is -2.34. The highest BCUT2D eigenvalue weighted by Crippen LogP contribution is 2.44. The van der Waals surface area contributed by atoms with Crippen LogP contribution in [0.1, 0.15) is 31.4 Å². The molecule has 0 aliphatic heterocycles. The van der Waals surface area contributed by atoms with Gasteiger partial charge in [0.15, 0.2) is 5.69 Å². The maximum absolute atomic E-state index is 12.0. The SMILES string of the molecule is COc1ccc2c(c1N=O)C(C)(C)C(=O)CC2. The summed E-state index contributed by atoms with van der Waals surface area (Å²) in [5.41, 5.74) is 1.35. The predicted molar refractivity (Wildman–Crippen MR) is 64.8 cm³/mol. The molecule has 4 heteroatoms. The Labute approximate surface area is 99.9 Å². The van der Waals surface area contributed by atoms with Gasteiger partial charge >= 0.3 is 0 Å². The number of ether oxygens (including phenoxy) is 1. The van der Waals surface area contributed by atoms with Gasteiger partial charge in [-0.2, -0.15) is 0 Å². The van der Waals surface area contributed by atoms with Crippen molar-refractivity contribution in [3.8, 4) is 5.75 Å². The number of fused-ring (bicyclic) bond motifs is 1. The van der Waals surface area contributed by atoms with Crippen molar-refractivity contribution in [1.82, 2.24) is 0 Å². The van der Waals surface area contributed by atoms with E-state index in [9.17, 15) is 9.70 Å². The molecule has 0 N–H and O–H groups in total. The third-order valence-electron chi connectivity index (χ3n) is 3.48. The molecule has 90 valence electrons. The number of ketones is 1. The lowest BCUT2D eigenvalue weighted by Gasteiger charge is -2.32. The molecular formula is C13H15NO3. The highest BCUT2D eigenvalue weighted by atomic mass is 16.5. The van der Waals surface area contributed by atoms with Gasteiger partial charge in [-0.05, 0) is 37.1 Å². The standard InChI is InChI=1S/C13H15NO3/c1-13(2)10(15)7-5-8-4-6-9(17-3)12(14-16)11(8)13/h4,6H,5,7H2,1-3H3. The minimum absolute atomic E-state index is 0.142. The molecule has 1 aliphatic carbocycles. The van der Waals surface area contributed by atoms with Crippen LogP contribution in [0.15, 0.2) is 17.3 Å². The van der Waals surface area contributed by atoms with E-state index in [1.165, 1.54) is 7.11 Å². The zero-order valence-electron chi connectivity index (χ0n) is 10.2. The summed E-state index contributed by atoms with van der Waals surface area (Å²) in [6, 6.07) is 3.65. The molecule has 0 amide bonds. The van der Waals surface area contributed by atoms with Gasteiger partial charge in [-0.1, -0.05) is 6.07 Å². The van der Waals surface area contributed by atoms with Crippen LogP contribution in [0, 0.1) is 4.91 Å². The second kappa shape index (κ2) is 3.95. The first kappa shape index (κ1) is 11.8. The Balaban J connectivity index is 2.75. The van der Waals surface area contributed by atoms with Crippen molar-refractivity contribution in [2.24, 2.45) is 5.18 Å². The van der Waals surface area contributed by atoms with Crippen LogP contribution < -0.4 is 4.74 Å². The van der Waals surface area contributed by atoms with Gasteiger partial charge in [0.2, 0.25) is 0 Å². The first-order valence-corrected chi connectivity index (χ1v) is 5.59. The molecule has 0 fully saturated rings. The van der Waals surface area contributed by atoms with E-state index in [4.69, 9.17) is 4.74 Å². The monoisotopic (exact) mass is 233 g/mol.